The predicted molar refractivity (Wildman–Crippen MR) is 134 cm³/mol. The van der Waals surface area contributed by atoms with Gasteiger partial charge in [-0.25, -0.2) is 0 Å². The molecule has 150 valence electrons. The van der Waals surface area contributed by atoms with Gasteiger partial charge in [0.25, 0.3) is 0 Å². The summed E-state index contributed by atoms with van der Waals surface area (Å²) in [6.45, 7) is 0. The number of nitrogens with zero attached hydrogens (tertiary/aromatic N) is 1. The van der Waals surface area contributed by atoms with Crippen LogP contribution in [0.15, 0.2) is 109 Å². The minimum atomic E-state index is 0.727. The van der Waals surface area contributed by atoms with Crippen LogP contribution in [0, 0.1) is 12.1 Å². The minimum absolute atomic E-state index is 0.727. The van der Waals surface area contributed by atoms with Crippen molar-refractivity contribution in [1.82, 2.24) is 4.57 Å². The molecule has 0 aliphatic heterocycles. The first-order chi connectivity index (χ1) is 15.8. The summed E-state index contributed by atoms with van der Waals surface area (Å²) in [6, 6.07) is 43.9. The molecule has 0 bridgehead atoms. The molecule has 6 aromatic rings. The lowest BCUT2D eigenvalue weighted by molar-refractivity contribution is 1.18. The first kappa shape index (κ1) is 18.8. The molecular weight excluding hydrogens is 410 g/mol. The fraction of sp³-hybridized carbons (Fsp3) is 0. The largest absolute Gasteiger partial charge is 0.309 e. The van der Waals surface area contributed by atoms with Crippen molar-refractivity contribution in [2.75, 3.05) is 0 Å². The Morgan fingerprint density at radius 3 is 2.16 bits per heavy atom. The zero-order valence-electron chi connectivity index (χ0n) is 17.2. The molecule has 0 aliphatic rings. The van der Waals surface area contributed by atoms with E-state index in [-0.39, 0.29) is 0 Å². The molecule has 0 radical (unpaired) electrons. The second-order valence-electron chi connectivity index (χ2n) is 7.84. The number of hydrogen-bond donors (Lipinski definition) is 0. The van der Waals surface area contributed by atoms with Crippen LogP contribution < -0.4 is 0 Å². The lowest BCUT2D eigenvalue weighted by Gasteiger charge is -2.12. The van der Waals surface area contributed by atoms with Crippen molar-refractivity contribution in [3.63, 3.8) is 0 Å². The van der Waals surface area contributed by atoms with Crippen molar-refractivity contribution in [3.05, 3.63) is 126 Å². The highest BCUT2D eigenvalue weighted by molar-refractivity contribution is 6.32. The van der Waals surface area contributed by atoms with E-state index in [1.807, 2.05) is 30.3 Å². The van der Waals surface area contributed by atoms with E-state index in [0.717, 1.165) is 27.3 Å². The maximum absolute atomic E-state index is 6.47. The van der Waals surface area contributed by atoms with Crippen molar-refractivity contribution in [3.8, 4) is 27.9 Å². The van der Waals surface area contributed by atoms with Crippen molar-refractivity contribution < 1.29 is 0 Å². The molecule has 0 fully saturated rings. The van der Waals surface area contributed by atoms with Gasteiger partial charge in [-0.05, 0) is 76.9 Å². The molecule has 0 N–H and O–H groups in total. The first-order valence-corrected chi connectivity index (χ1v) is 10.9. The number of halogens is 1. The van der Waals surface area contributed by atoms with Gasteiger partial charge in [0.15, 0.2) is 0 Å². The Bertz CT molecular complexity index is 1550. The number of aromatic nitrogens is 1. The molecule has 5 aromatic carbocycles. The van der Waals surface area contributed by atoms with Gasteiger partial charge in [0.05, 0.1) is 11.0 Å². The molecule has 1 aromatic heterocycles. The van der Waals surface area contributed by atoms with E-state index in [9.17, 15) is 0 Å². The number of hydrogen-bond acceptors (Lipinski definition) is 0. The Morgan fingerprint density at radius 1 is 0.625 bits per heavy atom. The van der Waals surface area contributed by atoms with Gasteiger partial charge in [-0.1, -0.05) is 78.3 Å². The Kier molecular flexibility index (Phi) is 4.46. The smallest absolute Gasteiger partial charge is 0.0556 e. The van der Waals surface area contributed by atoms with Gasteiger partial charge in [-0.2, -0.15) is 0 Å². The molecule has 0 aliphatic carbocycles. The molecule has 6 rings (SSSR count). The Hall–Kier alpha value is -3.99. The van der Waals surface area contributed by atoms with Gasteiger partial charge in [-0.15, -0.1) is 0 Å². The molecule has 0 saturated carbocycles. The molecule has 0 amide bonds. The molecule has 1 nitrogen and oxygen atoms in total. The van der Waals surface area contributed by atoms with Crippen LogP contribution in [0.1, 0.15) is 0 Å². The molecule has 1 heterocycles. The van der Waals surface area contributed by atoms with Gasteiger partial charge in [-0.3, -0.25) is 0 Å². The predicted octanol–water partition coefficient (Wildman–Crippen LogP) is 8.37. The number of para-hydroxylation sites is 1. The molecule has 32 heavy (non-hydrogen) atoms. The summed E-state index contributed by atoms with van der Waals surface area (Å²) in [4.78, 5) is 0. The van der Waals surface area contributed by atoms with Crippen molar-refractivity contribution >= 4 is 33.4 Å². The summed E-state index contributed by atoms with van der Waals surface area (Å²) in [6.07, 6.45) is 0. The van der Waals surface area contributed by atoms with Crippen LogP contribution >= 0.6 is 11.6 Å². The van der Waals surface area contributed by atoms with Crippen LogP contribution in [-0.2, 0) is 0 Å². The normalized spacial score (nSPS) is 11.0. The average Bonchev–Trinajstić information content (AvgIpc) is 3.18. The highest BCUT2D eigenvalue weighted by Crippen LogP contribution is 2.41. The quantitative estimate of drug-likeness (QED) is 0.267. The Morgan fingerprint density at radius 2 is 1.41 bits per heavy atom. The Labute approximate surface area is 192 Å². The molecule has 0 spiro atoms. The lowest BCUT2D eigenvalue weighted by atomic mass is 9.95. The first-order valence-electron chi connectivity index (χ1n) is 10.6. The highest BCUT2D eigenvalue weighted by Gasteiger charge is 2.18. The zero-order valence-corrected chi connectivity index (χ0v) is 18.0. The average molecular weight is 428 g/mol. The van der Waals surface area contributed by atoms with E-state index in [1.165, 1.54) is 27.5 Å². The fourth-order valence-corrected chi connectivity index (χ4v) is 4.68. The molecular formula is C30H18ClN. The lowest BCUT2D eigenvalue weighted by Crippen LogP contribution is -1.94. The summed E-state index contributed by atoms with van der Waals surface area (Å²) in [5.74, 6) is 0. The maximum Gasteiger partial charge on any atom is 0.0556 e. The number of rotatable bonds is 3. The van der Waals surface area contributed by atoms with Crippen molar-refractivity contribution in [2.24, 2.45) is 0 Å². The summed E-state index contributed by atoms with van der Waals surface area (Å²) >= 11 is 6.47. The number of benzene rings is 4. The van der Waals surface area contributed by atoms with Crippen molar-refractivity contribution in [1.29, 1.82) is 0 Å². The van der Waals surface area contributed by atoms with Gasteiger partial charge >= 0.3 is 0 Å². The van der Waals surface area contributed by atoms with Gasteiger partial charge < -0.3 is 4.57 Å². The third-order valence-electron chi connectivity index (χ3n) is 5.92. The van der Waals surface area contributed by atoms with E-state index < -0.39 is 0 Å². The van der Waals surface area contributed by atoms with Crippen LogP contribution in [0.25, 0.3) is 49.7 Å². The second kappa shape index (κ2) is 7.61. The summed E-state index contributed by atoms with van der Waals surface area (Å²) in [7, 11) is 0. The molecule has 0 saturated heterocycles. The fourth-order valence-electron chi connectivity index (χ4n) is 4.51. The van der Waals surface area contributed by atoms with Crippen LogP contribution in [-0.4, -0.2) is 4.57 Å². The van der Waals surface area contributed by atoms with Crippen LogP contribution in [0.5, 0.6) is 0 Å². The Balaban J connectivity index is 1.82. The summed E-state index contributed by atoms with van der Waals surface area (Å²) in [5.41, 5.74) is 8.01. The maximum atomic E-state index is 6.47. The molecule has 0 unspecified atom stereocenters. The minimum Gasteiger partial charge on any atom is -0.309 e. The van der Waals surface area contributed by atoms with Gasteiger partial charge in [0, 0.05) is 21.5 Å². The van der Waals surface area contributed by atoms with E-state index in [0.29, 0.717) is 0 Å². The van der Waals surface area contributed by atoms with Crippen LogP contribution in [0.2, 0.25) is 5.02 Å². The highest BCUT2D eigenvalue weighted by atomic mass is 35.5. The van der Waals surface area contributed by atoms with E-state index >= 15 is 0 Å². The standard InChI is InChI=1S/C30H18ClN/c31-24-16-17-26-28(20-24)32(25-14-8-3-9-15-25)29-19-23(21-10-4-1-5-11-21)18-27(30(26)29)22-12-6-2-7-13-22/h1,3-6,8-20H. The molecule has 2 heteroatoms. The second-order valence-corrected chi connectivity index (χ2v) is 8.27. The van der Waals surface area contributed by atoms with E-state index in [2.05, 4.69) is 95.6 Å². The van der Waals surface area contributed by atoms with Crippen LogP contribution in [0.3, 0.4) is 0 Å². The monoisotopic (exact) mass is 427 g/mol. The van der Waals surface area contributed by atoms with Gasteiger partial charge in [0.1, 0.15) is 0 Å². The number of fused-ring (bicyclic) bond motifs is 3. The van der Waals surface area contributed by atoms with E-state index in [4.69, 9.17) is 11.6 Å². The van der Waals surface area contributed by atoms with Crippen LogP contribution in [0.4, 0.5) is 0 Å². The van der Waals surface area contributed by atoms with E-state index in [1.54, 1.807) is 0 Å². The van der Waals surface area contributed by atoms with Gasteiger partial charge in [0.2, 0.25) is 0 Å². The topological polar surface area (TPSA) is 4.93 Å². The third kappa shape index (κ3) is 3.05. The SMILES string of the molecule is Clc1ccc2c3c(-c4cc#ccc4)cc(-c4ccccc4)cc3n(-c3ccccc3)c2c1. The zero-order chi connectivity index (χ0) is 21.5. The van der Waals surface area contributed by atoms with Crippen molar-refractivity contribution in [2.45, 2.75) is 0 Å². The third-order valence-corrected chi connectivity index (χ3v) is 6.15. The molecule has 0 atom stereocenters. The summed E-state index contributed by atoms with van der Waals surface area (Å²) in [5, 5.41) is 3.11. The summed E-state index contributed by atoms with van der Waals surface area (Å²) < 4.78 is 2.31.